The van der Waals surface area contributed by atoms with Crippen LogP contribution in [0.2, 0.25) is 0 Å². The van der Waals surface area contributed by atoms with E-state index in [-0.39, 0.29) is 12.5 Å². The molecule has 0 amide bonds. The monoisotopic (exact) mass is 758 g/mol. The molecule has 5 aromatic rings. The van der Waals surface area contributed by atoms with Crippen LogP contribution in [0.25, 0.3) is 0 Å². The molecule has 2 N–H and O–H groups in total. The lowest BCUT2D eigenvalue weighted by atomic mass is 9.88. The Hall–Kier alpha value is -4.83. The maximum atomic E-state index is 12.4. The highest BCUT2D eigenvalue weighted by molar-refractivity contribution is 7.92. The summed E-state index contributed by atoms with van der Waals surface area (Å²) in [6, 6.07) is 43.7. The van der Waals surface area contributed by atoms with Gasteiger partial charge in [0.05, 0.1) is 18.0 Å². The zero-order chi connectivity index (χ0) is 38.0. The number of aliphatic hydroxyl groups is 1. The van der Waals surface area contributed by atoms with Crippen molar-refractivity contribution in [3.8, 4) is 5.75 Å². The average molecular weight is 759 g/mol. The molecule has 2 fully saturated rings. The van der Waals surface area contributed by atoms with E-state index in [1.54, 1.807) is 12.1 Å². The third-order valence-electron chi connectivity index (χ3n) is 10.9. The highest BCUT2D eigenvalue weighted by Crippen LogP contribution is 2.34. The Morgan fingerprint density at radius 2 is 1.20 bits per heavy atom. The average Bonchev–Trinajstić information content (AvgIpc) is 3.95. The Kier molecular flexibility index (Phi) is 12.7. The minimum Gasteiger partial charge on any atom is -0.487 e. The van der Waals surface area contributed by atoms with Crippen LogP contribution in [-0.4, -0.2) is 63.9 Å². The van der Waals surface area contributed by atoms with Crippen LogP contribution >= 0.6 is 0 Å². The van der Waals surface area contributed by atoms with Gasteiger partial charge in [-0.3, -0.25) is 9.62 Å². The number of rotatable bonds is 17. The molecule has 2 heterocycles. The molecule has 2 saturated heterocycles. The van der Waals surface area contributed by atoms with Crippen molar-refractivity contribution >= 4 is 27.1 Å². The minimum atomic E-state index is -3.60. The normalized spacial score (nSPS) is 15.2. The molecular weight excluding hydrogens is 705 g/mol. The van der Waals surface area contributed by atoms with Gasteiger partial charge in [-0.1, -0.05) is 91.0 Å². The number of hydrogen-bond donors (Lipinski definition) is 2. The molecule has 2 aliphatic rings. The number of hydrogen-bond acceptors (Lipinski definition) is 7. The van der Waals surface area contributed by atoms with Crippen molar-refractivity contribution in [1.29, 1.82) is 0 Å². The van der Waals surface area contributed by atoms with Gasteiger partial charge in [0.1, 0.15) is 12.4 Å². The molecule has 2 aliphatic heterocycles. The number of sulfonamides is 1. The van der Waals surface area contributed by atoms with Crippen molar-refractivity contribution in [2.75, 3.05) is 60.0 Å². The third-order valence-corrected chi connectivity index (χ3v) is 11.5. The predicted molar refractivity (Wildman–Crippen MR) is 225 cm³/mol. The van der Waals surface area contributed by atoms with Gasteiger partial charge in [-0.05, 0) is 103 Å². The first-order valence-electron chi connectivity index (χ1n) is 19.7. The quantitative estimate of drug-likeness (QED) is 0.0983. The van der Waals surface area contributed by atoms with Crippen LogP contribution in [0.1, 0.15) is 71.9 Å². The molecule has 5 aromatic carbocycles. The first-order chi connectivity index (χ1) is 26.8. The number of benzene rings is 5. The van der Waals surface area contributed by atoms with Crippen molar-refractivity contribution in [2.24, 2.45) is 0 Å². The molecule has 0 aliphatic carbocycles. The molecule has 8 nitrogen and oxygen atoms in total. The second kappa shape index (κ2) is 18.2. The molecule has 1 atom stereocenters. The minimum absolute atomic E-state index is 0.169. The Morgan fingerprint density at radius 1 is 0.691 bits per heavy atom. The summed E-state index contributed by atoms with van der Waals surface area (Å²) in [4.78, 5) is 7.27. The molecule has 0 bridgehead atoms. The molecule has 7 rings (SSSR count). The van der Waals surface area contributed by atoms with Crippen LogP contribution in [0.4, 0.5) is 17.1 Å². The van der Waals surface area contributed by atoms with Crippen LogP contribution < -0.4 is 19.3 Å². The maximum absolute atomic E-state index is 12.4. The van der Waals surface area contributed by atoms with E-state index < -0.39 is 16.1 Å². The smallest absolute Gasteiger partial charge is 0.229 e. The molecule has 288 valence electrons. The highest BCUT2D eigenvalue weighted by atomic mass is 32.2. The molecule has 1 unspecified atom stereocenters. The Morgan fingerprint density at radius 3 is 1.73 bits per heavy atom. The van der Waals surface area contributed by atoms with E-state index in [1.807, 2.05) is 54.6 Å². The van der Waals surface area contributed by atoms with Gasteiger partial charge in [-0.2, -0.15) is 0 Å². The van der Waals surface area contributed by atoms with Crippen LogP contribution in [0.5, 0.6) is 5.75 Å². The Bertz CT molecular complexity index is 1990. The van der Waals surface area contributed by atoms with Gasteiger partial charge in [0, 0.05) is 56.6 Å². The third kappa shape index (κ3) is 10.7. The van der Waals surface area contributed by atoms with Gasteiger partial charge >= 0.3 is 0 Å². The second-order valence-electron chi connectivity index (χ2n) is 15.1. The molecule has 0 saturated carbocycles. The standard InChI is InChI=1S/C46H54N4O4S/c1-55(52,53)47-44-32-40(20-25-46(44)54-35-37-14-6-3-7-15-37)45(51)34-48(33-36-12-4-2-5-13-36)31-26-43(38-16-21-41(22-17-38)49-27-8-9-28-49)39-18-23-42(24-19-39)50-29-10-11-30-50/h2-7,12-25,32,43,45,47,51H,8-11,26-31,33-35H2,1H3. The summed E-state index contributed by atoms with van der Waals surface area (Å²) < 4.78 is 33.5. The highest BCUT2D eigenvalue weighted by Gasteiger charge is 2.22. The van der Waals surface area contributed by atoms with Gasteiger partial charge in [-0.25, -0.2) is 8.42 Å². The number of nitrogens with zero attached hydrogens (tertiary/aromatic N) is 3. The number of nitrogens with one attached hydrogen (secondary N) is 1. The molecule has 9 heteroatoms. The zero-order valence-electron chi connectivity index (χ0n) is 31.9. The second-order valence-corrected chi connectivity index (χ2v) is 16.8. The van der Waals surface area contributed by atoms with E-state index in [4.69, 9.17) is 4.74 Å². The molecular formula is C46H54N4O4S. The molecule has 0 radical (unpaired) electrons. The van der Waals surface area contributed by atoms with E-state index in [9.17, 15) is 13.5 Å². The van der Waals surface area contributed by atoms with Crippen LogP contribution in [0, 0.1) is 0 Å². The summed E-state index contributed by atoms with van der Waals surface area (Å²) in [6.07, 6.45) is 6.10. The summed E-state index contributed by atoms with van der Waals surface area (Å²) in [6.45, 7) is 6.53. The Labute approximate surface area is 327 Å². The van der Waals surface area contributed by atoms with Crippen LogP contribution in [-0.2, 0) is 23.2 Å². The fourth-order valence-electron chi connectivity index (χ4n) is 7.95. The summed E-state index contributed by atoms with van der Waals surface area (Å²) in [7, 11) is -3.60. The molecule has 0 spiro atoms. The summed E-state index contributed by atoms with van der Waals surface area (Å²) >= 11 is 0. The van der Waals surface area contributed by atoms with Gasteiger partial charge in [0.25, 0.3) is 0 Å². The summed E-state index contributed by atoms with van der Waals surface area (Å²) in [5, 5.41) is 11.8. The van der Waals surface area contributed by atoms with Gasteiger partial charge in [0.15, 0.2) is 0 Å². The Balaban J connectivity index is 1.12. The van der Waals surface area contributed by atoms with Crippen molar-refractivity contribution in [2.45, 2.75) is 57.3 Å². The van der Waals surface area contributed by atoms with E-state index in [0.717, 1.165) is 51.0 Å². The van der Waals surface area contributed by atoms with Gasteiger partial charge in [0.2, 0.25) is 10.0 Å². The van der Waals surface area contributed by atoms with Crippen LogP contribution in [0.3, 0.4) is 0 Å². The number of aliphatic hydroxyl groups excluding tert-OH is 1. The van der Waals surface area contributed by atoms with Gasteiger partial charge in [-0.15, -0.1) is 0 Å². The largest absolute Gasteiger partial charge is 0.487 e. The number of ether oxygens (including phenoxy) is 1. The SMILES string of the molecule is CS(=O)(=O)Nc1cc(C(O)CN(CCC(c2ccc(N3CCCC3)cc2)c2ccc(N3CCCC3)cc2)Cc2ccccc2)ccc1OCc1ccccc1. The summed E-state index contributed by atoms with van der Waals surface area (Å²) in [5.74, 6) is 0.572. The molecule has 55 heavy (non-hydrogen) atoms. The van der Waals surface area contributed by atoms with Crippen LogP contribution in [0.15, 0.2) is 127 Å². The van der Waals surface area contributed by atoms with Crippen molar-refractivity contribution in [3.05, 3.63) is 155 Å². The van der Waals surface area contributed by atoms with E-state index in [0.29, 0.717) is 30.1 Å². The zero-order valence-corrected chi connectivity index (χ0v) is 32.7. The first-order valence-corrected chi connectivity index (χ1v) is 21.6. The number of anilines is 3. The fraction of sp³-hybridized carbons (Fsp3) is 0.348. The van der Waals surface area contributed by atoms with Crippen molar-refractivity contribution in [3.63, 3.8) is 0 Å². The van der Waals surface area contributed by atoms with Crippen molar-refractivity contribution < 1.29 is 18.3 Å². The van der Waals surface area contributed by atoms with E-state index in [2.05, 4.69) is 80.1 Å². The lowest BCUT2D eigenvalue weighted by Gasteiger charge is -2.29. The topological polar surface area (TPSA) is 85.3 Å². The predicted octanol–water partition coefficient (Wildman–Crippen LogP) is 8.60. The summed E-state index contributed by atoms with van der Waals surface area (Å²) in [5.41, 5.74) is 8.22. The van der Waals surface area contributed by atoms with E-state index >= 15 is 0 Å². The molecule has 0 aromatic heterocycles. The lowest BCUT2D eigenvalue weighted by molar-refractivity contribution is 0.107. The first kappa shape index (κ1) is 38.4. The fourth-order valence-corrected chi connectivity index (χ4v) is 8.50. The lowest BCUT2D eigenvalue weighted by Crippen LogP contribution is -2.30. The van der Waals surface area contributed by atoms with Gasteiger partial charge < -0.3 is 19.6 Å². The van der Waals surface area contributed by atoms with Crippen molar-refractivity contribution in [1.82, 2.24) is 4.90 Å². The van der Waals surface area contributed by atoms with E-state index in [1.165, 1.54) is 53.7 Å². The maximum Gasteiger partial charge on any atom is 0.229 e.